The predicted octanol–water partition coefficient (Wildman–Crippen LogP) is 4.90. The lowest BCUT2D eigenvalue weighted by molar-refractivity contribution is -0.141. The molecule has 0 aliphatic carbocycles. The molecule has 0 spiro atoms. The van der Waals surface area contributed by atoms with E-state index in [1.54, 1.807) is 18.9 Å². The number of carbonyl (C=O) groups excluding carboxylic acids is 6. The van der Waals surface area contributed by atoms with Crippen LogP contribution >= 0.6 is 11.8 Å². The Bertz CT molecular complexity index is 483. The molecule has 0 saturated heterocycles. The van der Waals surface area contributed by atoms with Crippen molar-refractivity contribution in [2.75, 3.05) is 76.1 Å². The van der Waals surface area contributed by atoms with Crippen molar-refractivity contribution in [1.82, 2.24) is 9.80 Å². The molecule has 16 heteroatoms. The van der Waals surface area contributed by atoms with Crippen LogP contribution in [0.2, 0.25) is 0 Å². The van der Waals surface area contributed by atoms with Crippen molar-refractivity contribution in [2.24, 2.45) is 0 Å². The minimum atomic E-state index is -0.245. The topological polar surface area (TPSA) is 218 Å². The highest BCUT2D eigenvalue weighted by Gasteiger charge is 2.04. The molecule has 0 aliphatic rings. The molecule has 0 aromatic heterocycles. The highest BCUT2D eigenvalue weighted by molar-refractivity contribution is 7.98. The maximum absolute atomic E-state index is 10.3. The lowest BCUT2D eigenvalue weighted by atomic mass is 10.5. The minimum absolute atomic E-state index is 0.225. The van der Waals surface area contributed by atoms with Crippen LogP contribution in [0, 0.1) is 0 Å². The van der Waals surface area contributed by atoms with E-state index in [4.69, 9.17) is 20.4 Å². The zero-order chi connectivity index (χ0) is 44.2. The Balaban J connectivity index is -0.0000000235. The molecular formula is C33H84N2O13S. The SMILES string of the molecule is CC.CC.CC.CC.CC.CC(=O)N(C)C(C)=O.CC(=O)N(C)C(C)=O.CO.CO.CO.CO.COC(C)=O.COC(C)=O.COCSC. The largest absolute Gasteiger partial charge is 0.469 e. The third-order valence-electron chi connectivity index (χ3n) is 2.70. The molecule has 0 aromatic rings. The standard InChI is InChI=1S/2C5H9NO2.2C3H6O2.C3H8OS.5C2H6.4CH4O/c2*1-4(7)6(3)5(2)8;2*1-3(4)5-2;1-4-3-5-2;9*1-2/h2*1-3H3;2*1-2H3;3H2,1-2H3;5*1-2H3;4*2H,1H3. The second kappa shape index (κ2) is 128. The number of hydrogen-bond donors (Lipinski definition) is 4. The number of nitrogens with zero attached hydrogens (tertiary/aromatic N) is 2. The first kappa shape index (κ1) is 91.1. The molecule has 310 valence electrons. The van der Waals surface area contributed by atoms with Gasteiger partial charge in [0.2, 0.25) is 23.6 Å². The Morgan fingerprint density at radius 2 is 0.571 bits per heavy atom. The van der Waals surface area contributed by atoms with Crippen LogP contribution in [0.25, 0.3) is 0 Å². The van der Waals surface area contributed by atoms with Gasteiger partial charge in [-0.3, -0.25) is 38.6 Å². The first-order valence-electron chi connectivity index (χ1n) is 15.4. The Labute approximate surface area is 307 Å². The number of aliphatic hydroxyl groups excluding tert-OH is 4. The Morgan fingerprint density at radius 3 is 0.571 bits per heavy atom. The number of esters is 2. The monoisotopic (exact) mass is 749 g/mol. The zero-order valence-electron chi connectivity index (χ0n) is 36.5. The minimum Gasteiger partial charge on any atom is -0.469 e. The molecule has 0 rings (SSSR count). The van der Waals surface area contributed by atoms with Gasteiger partial charge >= 0.3 is 11.9 Å². The third-order valence-corrected chi connectivity index (χ3v) is 3.17. The van der Waals surface area contributed by atoms with Crippen molar-refractivity contribution in [3.8, 4) is 0 Å². The molecular weight excluding hydrogens is 664 g/mol. The molecule has 0 radical (unpaired) electrons. The maximum Gasteiger partial charge on any atom is 0.302 e. The van der Waals surface area contributed by atoms with E-state index in [0.717, 1.165) is 44.2 Å². The molecule has 0 aliphatic heterocycles. The average Bonchev–Trinajstić information content (AvgIpc) is 3.16. The summed E-state index contributed by atoms with van der Waals surface area (Å²) < 4.78 is 12.9. The molecule has 0 aromatic carbocycles. The summed E-state index contributed by atoms with van der Waals surface area (Å²) >= 11 is 1.68. The van der Waals surface area contributed by atoms with Crippen LogP contribution in [0.3, 0.4) is 0 Å². The van der Waals surface area contributed by atoms with Crippen LogP contribution in [0.5, 0.6) is 0 Å². The summed E-state index contributed by atoms with van der Waals surface area (Å²) in [6, 6.07) is 0. The number of rotatable bonds is 2. The number of carbonyl (C=O) groups is 6. The Hall–Kier alpha value is -2.63. The Kier molecular flexibility index (Phi) is 239. The van der Waals surface area contributed by atoms with Crippen molar-refractivity contribution < 1.29 is 63.4 Å². The van der Waals surface area contributed by atoms with Crippen molar-refractivity contribution in [3.63, 3.8) is 0 Å². The van der Waals surface area contributed by atoms with Gasteiger partial charge in [0.25, 0.3) is 0 Å². The fourth-order valence-corrected chi connectivity index (χ4v) is 0.797. The van der Waals surface area contributed by atoms with E-state index < -0.39 is 0 Å². The normalized spacial score (nSPS) is 6.08. The number of methoxy groups -OCH3 is 3. The van der Waals surface area contributed by atoms with Gasteiger partial charge < -0.3 is 34.6 Å². The zero-order valence-corrected chi connectivity index (χ0v) is 37.3. The molecule has 0 atom stereocenters. The summed E-state index contributed by atoms with van der Waals surface area (Å²) in [5.74, 6) is -0.583. The van der Waals surface area contributed by atoms with E-state index in [0.29, 0.717) is 0 Å². The molecule has 0 unspecified atom stereocenters. The predicted molar refractivity (Wildman–Crippen MR) is 208 cm³/mol. The average molecular weight is 749 g/mol. The first-order chi connectivity index (χ1) is 23.1. The van der Waals surface area contributed by atoms with Crippen LogP contribution in [0.15, 0.2) is 0 Å². The summed E-state index contributed by atoms with van der Waals surface area (Å²) in [6.07, 6.45) is 2.00. The Morgan fingerprint density at radius 1 is 0.449 bits per heavy atom. The van der Waals surface area contributed by atoms with Crippen LogP contribution in [-0.4, -0.2) is 142 Å². The van der Waals surface area contributed by atoms with E-state index in [-0.39, 0.29) is 35.6 Å². The number of hydrogen-bond acceptors (Lipinski definition) is 14. The van der Waals surface area contributed by atoms with Crippen molar-refractivity contribution in [1.29, 1.82) is 0 Å². The molecule has 0 heterocycles. The lowest BCUT2D eigenvalue weighted by Gasteiger charge is -2.07. The highest BCUT2D eigenvalue weighted by atomic mass is 32.2. The van der Waals surface area contributed by atoms with Gasteiger partial charge in [-0.05, 0) is 6.26 Å². The van der Waals surface area contributed by atoms with E-state index in [1.807, 2.05) is 75.5 Å². The van der Waals surface area contributed by atoms with Gasteiger partial charge in [-0.15, -0.1) is 11.8 Å². The fraction of sp³-hybridized carbons (Fsp3) is 0.818. The lowest BCUT2D eigenvalue weighted by Crippen LogP contribution is -2.28. The fourth-order valence-electron chi connectivity index (χ4n) is 0.561. The van der Waals surface area contributed by atoms with Gasteiger partial charge in [0.15, 0.2) is 0 Å². The summed E-state index contributed by atoms with van der Waals surface area (Å²) in [6.45, 7) is 28.1. The molecule has 0 saturated carbocycles. The van der Waals surface area contributed by atoms with E-state index >= 15 is 0 Å². The summed E-state index contributed by atoms with van der Waals surface area (Å²) in [4.78, 5) is 62.5. The van der Waals surface area contributed by atoms with Crippen molar-refractivity contribution >= 4 is 47.3 Å². The van der Waals surface area contributed by atoms with Crippen LogP contribution in [-0.2, 0) is 43.0 Å². The molecule has 4 amide bonds. The second-order valence-electron chi connectivity index (χ2n) is 5.28. The molecule has 0 bridgehead atoms. The van der Waals surface area contributed by atoms with E-state index in [9.17, 15) is 28.8 Å². The van der Waals surface area contributed by atoms with Gasteiger partial charge in [-0.25, -0.2) is 0 Å². The van der Waals surface area contributed by atoms with Crippen molar-refractivity contribution in [3.05, 3.63) is 0 Å². The number of imide groups is 2. The van der Waals surface area contributed by atoms with Crippen molar-refractivity contribution in [2.45, 2.75) is 111 Å². The van der Waals surface area contributed by atoms with Gasteiger partial charge in [0.1, 0.15) is 0 Å². The third kappa shape index (κ3) is 227. The van der Waals surface area contributed by atoms with Gasteiger partial charge in [0.05, 0.1) is 20.2 Å². The smallest absolute Gasteiger partial charge is 0.302 e. The van der Waals surface area contributed by atoms with Gasteiger partial charge in [0, 0.05) is 91.2 Å². The maximum atomic E-state index is 10.3. The molecule has 15 nitrogen and oxygen atoms in total. The number of thioether (sulfide) groups is 1. The highest BCUT2D eigenvalue weighted by Crippen LogP contribution is 1.86. The summed E-state index contributed by atoms with van der Waals surface area (Å²) in [5, 5.41) is 28.0. The van der Waals surface area contributed by atoms with E-state index in [1.165, 1.54) is 69.9 Å². The van der Waals surface area contributed by atoms with Crippen LogP contribution in [0.4, 0.5) is 0 Å². The number of aliphatic hydroxyl groups is 4. The first-order valence-corrected chi connectivity index (χ1v) is 16.8. The van der Waals surface area contributed by atoms with Crippen LogP contribution in [0.1, 0.15) is 111 Å². The second-order valence-corrected chi connectivity index (χ2v) is 6.09. The van der Waals surface area contributed by atoms with Gasteiger partial charge in [-0.1, -0.05) is 69.2 Å². The molecule has 0 fully saturated rings. The molecule has 49 heavy (non-hydrogen) atoms. The number of amides is 4. The van der Waals surface area contributed by atoms with Crippen LogP contribution < -0.4 is 0 Å². The van der Waals surface area contributed by atoms with E-state index in [2.05, 4.69) is 14.2 Å². The molecule has 4 N–H and O–H groups in total. The summed E-state index contributed by atoms with van der Waals surface area (Å²) in [5.41, 5.74) is 0. The number of ether oxygens (including phenoxy) is 3. The van der Waals surface area contributed by atoms with Gasteiger partial charge in [-0.2, -0.15) is 0 Å². The quantitative estimate of drug-likeness (QED) is 0.218. The summed E-state index contributed by atoms with van der Waals surface area (Å²) in [7, 11) is 11.3.